The fraction of sp³-hybridized carbons (Fsp3) is 0.867. The van der Waals surface area contributed by atoms with E-state index in [2.05, 4.69) is 46.7 Å². The number of allylic oxidation sites excluding steroid dienone is 1. The minimum Gasteiger partial charge on any atom is -0.463 e. The lowest BCUT2D eigenvalue weighted by Gasteiger charge is -2.48. The molecule has 2 saturated heterocycles. The van der Waals surface area contributed by atoms with Gasteiger partial charge in [0.25, 0.3) is 0 Å². The van der Waals surface area contributed by atoms with Crippen molar-refractivity contribution in [2.24, 2.45) is 29.6 Å². The highest BCUT2D eigenvalue weighted by Crippen LogP contribution is 2.37. The van der Waals surface area contributed by atoms with Crippen LogP contribution < -0.4 is 0 Å². The highest BCUT2D eigenvalue weighted by Gasteiger charge is 2.45. The van der Waals surface area contributed by atoms with Crippen LogP contribution in [0.25, 0.3) is 0 Å². The first kappa shape index (κ1) is 31.2. The van der Waals surface area contributed by atoms with E-state index in [-0.39, 0.29) is 78.5 Å². The number of cyclic esters (lactones) is 1. The zero-order valence-electron chi connectivity index (χ0n) is 25.1. The average molecular weight is 538 g/mol. The Morgan fingerprint density at radius 3 is 2.21 bits per heavy atom. The molecule has 0 saturated carbocycles. The molecular formula is C30H51NO7. The first-order valence-corrected chi connectivity index (χ1v) is 14.4. The quantitative estimate of drug-likeness (QED) is 0.389. The van der Waals surface area contributed by atoms with Crippen LogP contribution >= 0.6 is 0 Å². The highest BCUT2D eigenvalue weighted by atomic mass is 16.7. The van der Waals surface area contributed by atoms with Crippen LogP contribution in [0.4, 0.5) is 0 Å². The maximum Gasteiger partial charge on any atom is 0.306 e. The molecule has 0 spiro atoms. The molecule has 0 aliphatic carbocycles. The van der Waals surface area contributed by atoms with E-state index in [0.29, 0.717) is 24.8 Å². The summed E-state index contributed by atoms with van der Waals surface area (Å²) in [5.74, 6) is -0.0671. The Hall–Kier alpha value is -1.32. The number of ether oxygens (including phenoxy) is 5. The van der Waals surface area contributed by atoms with Gasteiger partial charge in [-0.15, -0.1) is 0 Å². The average Bonchev–Trinajstić information content (AvgIpc) is 3.56. The smallest absolute Gasteiger partial charge is 0.306 e. The number of epoxide rings is 1. The largest absolute Gasteiger partial charge is 0.463 e. The molecule has 0 radical (unpaired) electrons. The molecule has 0 bridgehead atoms. The standard InChI is InChI=1S/C30H51NO7/c1-16-13-17(2)29(38-30-21(6)27(31(8)9)20(5)22(7)36-30)28(34-10)18(3)14-26(33)35-19(4)15-25-24(37-25)12-11-23(16)32/h11-12,16-22,24-25,27-30H,13-15H2,1-10H3/b12-11+/t16-,17+,18-,19-,20?,21?,22?,24+,25-,27?,28+,29+,30?/m1/s1. The van der Waals surface area contributed by atoms with E-state index >= 15 is 0 Å². The first-order valence-electron chi connectivity index (χ1n) is 14.4. The van der Waals surface area contributed by atoms with Gasteiger partial charge in [-0.2, -0.15) is 0 Å². The van der Waals surface area contributed by atoms with E-state index in [1.165, 1.54) is 0 Å². The number of carbonyl (C=O) groups is 2. The molecule has 3 rings (SSSR count). The van der Waals surface area contributed by atoms with Crippen molar-refractivity contribution >= 4 is 11.8 Å². The van der Waals surface area contributed by atoms with Crippen LogP contribution in [0.15, 0.2) is 12.2 Å². The maximum atomic E-state index is 13.0. The van der Waals surface area contributed by atoms with E-state index in [9.17, 15) is 9.59 Å². The second-order valence-electron chi connectivity index (χ2n) is 12.4. The Labute approximate surface area is 229 Å². The van der Waals surface area contributed by atoms with Gasteiger partial charge in [-0.3, -0.25) is 9.59 Å². The van der Waals surface area contributed by atoms with Gasteiger partial charge < -0.3 is 28.6 Å². The summed E-state index contributed by atoms with van der Waals surface area (Å²) in [5, 5.41) is 0. The third-order valence-electron chi connectivity index (χ3n) is 8.87. The van der Waals surface area contributed by atoms with Gasteiger partial charge in [0.15, 0.2) is 12.1 Å². The molecule has 0 aromatic carbocycles. The number of esters is 1. The molecule has 3 aliphatic rings. The van der Waals surface area contributed by atoms with Gasteiger partial charge in [0, 0.05) is 31.4 Å². The van der Waals surface area contributed by atoms with Crippen LogP contribution in [0.3, 0.4) is 0 Å². The summed E-state index contributed by atoms with van der Waals surface area (Å²) in [7, 11) is 5.87. The Balaban J connectivity index is 1.88. The second-order valence-corrected chi connectivity index (χ2v) is 12.4. The van der Waals surface area contributed by atoms with Gasteiger partial charge in [-0.05, 0) is 64.3 Å². The normalized spacial score (nSPS) is 46.3. The number of nitrogens with zero attached hydrogens (tertiary/aromatic N) is 1. The number of rotatable bonds is 4. The fourth-order valence-electron chi connectivity index (χ4n) is 6.56. The van der Waals surface area contributed by atoms with E-state index in [1.54, 1.807) is 13.2 Å². The van der Waals surface area contributed by atoms with Gasteiger partial charge in [0.05, 0.1) is 30.8 Å². The first-order chi connectivity index (χ1) is 17.8. The minimum absolute atomic E-state index is 0.0144. The topological polar surface area (TPSA) is 86.8 Å². The predicted molar refractivity (Wildman–Crippen MR) is 146 cm³/mol. The number of fused-ring (bicyclic) bond motifs is 1. The summed E-state index contributed by atoms with van der Waals surface area (Å²) in [6.45, 7) is 14.4. The van der Waals surface area contributed by atoms with E-state index in [4.69, 9.17) is 23.7 Å². The van der Waals surface area contributed by atoms with E-state index in [1.807, 2.05) is 26.8 Å². The Kier molecular flexibility index (Phi) is 11.0. The molecule has 3 aliphatic heterocycles. The van der Waals surface area contributed by atoms with Crippen LogP contribution in [-0.4, -0.2) is 86.8 Å². The molecule has 3 heterocycles. The molecule has 218 valence electrons. The van der Waals surface area contributed by atoms with Crippen molar-refractivity contribution in [3.63, 3.8) is 0 Å². The Morgan fingerprint density at radius 2 is 1.58 bits per heavy atom. The number of ketones is 1. The van der Waals surface area contributed by atoms with Crippen molar-refractivity contribution in [1.82, 2.24) is 4.90 Å². The molecular weight excluding hydrogens is 486 g/mol. The summed E-state index contributed by atoms with van der Waals surface area (Å²) < 4.78 is 30.7. The highest BCUT2D eigenvalue weighted by molar-refractivity contribution is 5.91. The van der Waals surface area contributed by atoms with Crippen molar-refractivity contribution < 1.29 is 33.3 Å². The number of hydrogen-bond acceptors (Lipinski definition) is 8. The predicted octanol–water partition coefficient (Wildman–Crippen LogP) is 4.25. The Bertz CT molecular complexity index is 831. The van der Waals surface area contributed by atoms with Crippen LogP contribution in [-0.2, 0) is 33.3 Å². The molecule has 0 aromatic heterocycles. The third kappa shape index (κ3) is 7.66. The molecule has 8 nitrogen and oxygen atoms in total. The zero-order chi connectivity index (χ0) is 28.3. The maximum absolute atomic E-state index is 13.0. The fourth-order valence-corrected chi connectivity index (χ4v) is 6.56. The molecule has 0 amide bonds. The second kappa shape index (κ2) is 13.4. The van der Waals surface area contributed by atoms with E-state index in [0.717, 1.165) is 0 Å². The van der Waals surface area contributed by atoms with Gasteiger partial charge in [0.2, 0.25) is 0 Å². The van der Waals surface area contributed by atoms with Crippen molar-refractivity contribution in [2.45, 2.75) is 117 Å². The number of hydrogen-bond donors (Lipinski definition) is 0. The molecule has 5 unspecified atom stereocenters. The van der Waals surface area contributed by atoms with Gasteiger partial charge in [-0.1, -0.05) is 34.6 Å². The van der Waals surface area contributed by atoms with Gasteiger partial charge >= 0.3 is 5.97 Å². The Morgan fingerprint density at radius 1 is 0.895 bits per heavy atom. The van der Waals surface area contributed by atoms with Crippen molar-refractivity contribution in [1.29, 1.82) is 0 Å². The molecule has 13 atom stereocenters. The monoisotopic (exact) mass is 537 g/mol. The molecule has 38 heavy (non-hydrogen) atoms. The van der Waals surface area contributed by atoms with Crippen LogP contribution in [0.5, 0.6) is 0 Å². The number of methoxy groups -OCH3 is 1. The summed E-state index contributed by atoms with van der Waals surface area (Å²) in [6, 6.07) is 0.291. The lowest BCUT2D eigenvalue weighted by atomic mass is 9.82. The SMILES string of the molecule is CO[C@@H]1[C@@H](OC2OC(C)C(C)C(N(C)C)C2C)[C@@H](C)C[C@@H](C)C(=O)/C=C/[C@@H]2O[C@@H]2C[C@@H](C)OC(=O)C[C@H]1C. The summed E-state index contributed by atoms with van der Waals surface area (Å²) in [5.41, 5.74) is 0. The lowest BCUT2D eigenvalue weighted by Crippen LogP contribution is -2.56. The molecule has 0 N–H and O–H groups in total. The van der Waals surface area contributed by atoms with Crippen LogP contribution in [0.1, 0.15) is 67.7 Å². The minimum atomic E-state index is -0.432. The van der Waals surface area contributed by atoms with Crippen LogP contribution in [0.2, 0.25) is 0 Å². The van der Waals surface area contributed by atoms with Crippen molar-refractivity contribution in [3.8, 4) is 0 Å². The van der Waals surface area contributed by atoms with Gasteiger partial charge in [-0.25, -0.2) is 0 Å². The third-order valence-corrected chi connectivity index (χ3v) is 8.87. The van der Waals surface area contributed by atoms with Crippen molar-refractivity contribution in [2.75, 3.05) is 21.2 Å². The summed E-state index contributed by atoms with van der Waals surface area (Å²) in [6.07, 6.45) is 3.40. The number of carbonyl (C=O) groups excluding carboxylic acids is 2. The molecule has 8 heteroatoms. The van der Waals surface area contributed by atoms with Crippen molar-refractivity contribution in [3.05, 3.63) is 12.2 Å². The lowest BCUT2D eigenvalue weighted by molar-refractivity contribution is -0.282. The molecule has 0 aromatic rings. The summed E-state index contributed by atoms with van der Waals surface area (Å²) in [4.78, 5) is 28.1. The van der Waals surface area contributed by atoms with E-state index < -0.39 is 6.29 Å². The summed E-state index contributed by atoms with van der Waals surface area (Å²) >= 11 is 0. The van der Waals surface area contributed by atoms with Gasteiger partial charge in [0.1, 0.15) is 12.2 Å². The zero-order valence-corrected chi connectivity index (χ0v) is 25.1. The molecule has 2 fully saturated rings. The van der Waals surface area contributed by atoms with Crippen LogP contribution in [0, 0.1) is 29.6 Å².